The second kappa shape index (κ2) is 6.39. The molecule has 16 heavy (non-hydrogen) atoms. The molecular formula is C11H14N2S3. The van der Waals surface area contributed by atoms with Gasteiger partial charge in [-0.1, -0.05) is 0 Å². The summed E-state index contributed by atoms with van der Waals surface area (Å²) in [5, 5.41) is 7.52. The molecule has 2 nitrogen and oxygen atoms in total. The summed E-state index contributed by atoms with van der Waals surface area (Å²) in [6, 6.07) is 2.12. The summed E-state index contributed by atoms with van der Waals surface area (Å²) in [4.78, 5) is 4.62. The predicted molar refractivity (Wildman–Crippen MR) is 75.3 cm³/mol. The highest BCUT2D eigenvalue weighted by Gasteiger charge is 2.04. The van der Waals surface area contributed by atoms with Gasteiger partial charge in [0.15, 0.2) is 0 Å². The Morgan fingerprint density at radius 2 is 2.31 bits per heavy atom. The molecule has 0 aliphatic heterocycles. The Bertz CT molecular complexity index is 409. The largest absolute Gasteiger partial charge is 0.330 e. The van der Waals surface area contributed by atoms with Crippen molar-refractivity contribution < 1.29 is 0 Å². The molecular weight excluding hydrogens is 256 g/mol. The third-order valence-electron chi connectivity index (χ3n) is 2.06. The maximum atomic E-state index is 5.45. The summed E-state index contributed by atoms with van der Waals surface area (Å²) in [6.07, 6.45) is 1.09. The Morgan fingerprint density at radius 3 is 3.06 bits per heavy atom. The number of nitrogens with zero attached hydrogens (tertiary/aromatic N) is 1. The van der Waals surface area contributed by atoms with Crippen molar-refractivity contribution in [2.24, 2.45) is 5.73 Å². The van der Waals surface area contributed by atoms with Gasteiger partial charge in [0.25, 0.3) is 0 Å². The van der Waals surface area contributed by atoms with E-state index in [1.807, 2.05) is 11.8 Å². The van der Waals surface area contributed by atoms with Crippen LogP contribution in [0.15, 0.2) is 22.2 Å². The summed E-state index contributed by atoms with van der Waals surface area (Å²) in [5.74, 6) is 2.13. The molecule has 2 rings (SSSR count). The van der Waals surface area contributed by atoms with Gasteiger partial charge in [-0.05, 0) is 30.2 Å². The lowest BCUT2D eigenvalue weighted by Crippen LogP contribution is -1.99. The van der Waals surface area contributed by atoms with Crippen molar-refractivity contribution in [3.63, 3.8) is 0 Å². The Balaban J connectivity index is 1.88. The zero-order valence-corrected chi connectivity index (χ0v) is 11.3. The quantitative estimate of drug-likeness (QED) is 0.817. The normalized spacial score (nSPS) is 10.8. The maximum absolute atomic E-state index is 5.45. The Morgan fingerprint density at radius 1 is 1.38 bits per heavy atom. The highest BCUT2D eigenvalue weighted by molar-refractivity contribution is 7.98. The van der Waals surface area contributed by atoms with E-state index < -0.39 is 0 Å². The van der Waals surface area contributed by atoms with Crippen LogP contribution in [-0.2, 0) is 5.75 Å². The molecule has 0 radical (unpaired) electrons. The average Bonchev–Trinajstić information content (AvgIpc) is 2.94. The van der Waals surface area contributed by atoms with Crippen molar-refractivity contribution in [2.45, 2.75) is 12.2 Å². The van der Waals surface area contributed by atoms with E-state index in [0.29, 0.717) is 0 Å². The van der Waals surface area contributed by atoms with Crippen LogP contribution in [0.2, 0.25) is 0 Å². The number of thiophene rings is 1. The summed E-state index contributed by atoms with van der Waals surface area (Å²) in [5.41, 5.74) is 7.88. The number of nitrogens with two attached hydrogens (primary N) is 1. The molecule has 0 aliphatic rings. The van der Waals surface area contributed by atoms with E-state index in [-0.39, 0.29) is 0 Å². The fourth-order valence-corrected chi connectivity index (χ4v) is 3.76. The lowest BCUT2D eigenvalue weighted by atomic mass is 10.4. The van der Waals surface area contributed by atoms with Gasteiger partial charge < -0.3 is 5.73 Å². The van der Waals surface area contributed by atoms with E-state index in [1.54, 1.807) is 22.7 Å². The van der Waals surface area contributed by atoms with E-state index in [1.165, 1.54) is 11.3 Å². The third-order valence-corrected chi connectivity index (χ3v) is 4.76. The summed E-state index contributed by atoms with van der Waals surface area (Å²) < 4.78 is 0. The smallest absolute Gasteiger partial charge is 0.124 e. The lowest BCUT2D eigenvalue weighted by molar-refractivity contribution is 0.942. The number of hydrogen-bond acceptors (Lipinski definition) is 5. The number of aromatic nitrogens is 1. The number of thiazole rings is 1. The molecule has 0 saturated carbocycles. The van der Waals surface area contributed by atoms with E-state index in [0.717, 1.165) is 29.5 Å². The fraction of sp³-hybridized carbons (Fsp3) is 0.364. The zero-order valence-electron chi connectivity index (χ0n) is 8.89. The molecule has 2 heterocycles. The summed E-state index contributed by atoms with van der Waals surface area (Å²) in [7, 11) is 0. The molecule has 0 fully saturated rings. The van der Waals surface area contributed by atoms with Crippen molar-refractivity contribution in [1.29, 1.82) is 0 Å². The first-order valence-electron chi connectivity index (χ1n) is 5.15. The van der Waals surface area contributed by atoms with Crippen LogP contribution in [0.5, 0.6) is 0 Å². The zero-order chi connectivity index (χ0) is 11.2. The molecule has 2 aromatic heterocycles. The van der Waals surface area contributed by atoms with Gasteiger partial charge in [-0.2, -0.15) is 23.1 Å². The molecule has 2 aromatic rings. The van der Waals surface area contributed by atoms with Gasteiger partial charge >= 0.3 is 0 Å². The standard InChI is InChI=1S/C11H14N2S3/c12-3-1-4-14-7-10-8-16-11(13-10)9-2-5-15-6-9/h2,5-6,8H,1,3-4,7,12H2. The minimum absolute atomic E-state index is 0.782. The first-order chi connectivity index (χ1) is 7.90. The molecule has 5 heteroatoms. The van der Waals surface area contributed by atoms with Gasteiger partial charge in [-0.25, -0.2) is 4.98 Å². The number of thioether (sulfide) groups is 1. The minimum atomic E-state index is 0.782. The van der Waals surface area contributed by atoms with Gasteiger partial charge in [0.05, 0.1) is 5.69 Å². The van der Waals surface area contributed by atoms with Crippen molar-refractivity contribution in [3.05, 3.63) is 27.9 Å². The van der Waals surface area contributed by atoms with E-state index in [4.69, 9.17) is 5.73 Å². The highest BCUT2D eigenvalue weighted by atomic mass is 32.2. The maximum Gasteiger partial charge on any atom is 0.124 e. The number of rotatable bonds is 6. The second-order valence-electron chi connectivity index (χ2n) is 3.35. The van der Waals surface area contributed by atoms with Crippen LogP contribution < -0.4 is 5.73 Å². The first-order valence-corrected chi connectivity index (χ1v) is 8.12. The van der Waals surface area contributed by atoms with Crippen LogP contribution >= 0.6 is 34.4 Å². The summed E-state index contributed by atoms with van der Waals surface area (Å²) in [6.45, 7) is 0.782. The molecule has 0 amide bonds. The Kier molecular flexibility index (Phi) is 4.84. The van der Waals surface area contributed by atoms with Crippen LogP contribution in [0.3, 0.4) is 0 Å². The van der Waals surface area contributed by atoms with Gasteiger partial charge in [0.2, 0.25) is 0 Å². The first kappa shape index (κ1) is 12.1. The molecule has 0 spiro atoms. The molecule has 0 unspecified atom stereocenters. The van der Waals surface area contributed by atoms with E-state index >= 15 is 0 Å². The SMILES string of the molecule is NCCCSCc1csc(-c2ccsc2)n1. The van der Waals surface area contributed by atoms with Crippen molar-refractivity contribution in [3.8, 4) is 10.6 Å². The predicted octanol–water partition coefficient (Wildman–Crippen LogP) is 3.45. The Hall–Kier alpha value is -0.360. The highest BCUT2D eigenvalue weighted by Crippen LogP contribution is 2.27. The van der Waals surface area contributed by atoms with Gasteiger partial charge in [0.1, 0.15) is 5.01 Å². The third kappa shape index (κ3) is 3.31. The van der Waals surface area contributed by atoms with E-state index in [9.17, 15) is 0 Å². The van der Waals surface area contributed by atoms with Gasteiger partial charge in [-0.3, -0.25) is 0 Å². The van der Waals surface area contributed by atoms with Crippen molar-refractivity contribution in [2.75, 3.05) is 12.3 Å². The molecule has 0 aliphatic carbocycles. The molecule has 2 N–H and O–H groups in total. The molecule has 0 aromatic carbocycles. The Labute approximate surface area is 108 Å². The van der Waals surface area contributed by atoms with Crippen molar-refractivity contribution in [1.82, 2.24) is 4.98 Å². The molecule has 0 atom stereocenters. The summed E-state index contributed by atoms with van der Waals surface area (Å²) >= 11 is 5.35. The minimum Gasteiger partial charge on any atom is -0.330 e. The van der Waals surface area contributed by atoms with E-state index in [2.05, 4.69) is 27.2 Å². The topological polar surface area (TPSA) is 38.9 Å². The van der Waals surface area contributed by atoms with Crippen molar-refractivity contribution >= 4 is 34.4 Å². The van der Waals surface area contributed by atoms with Crippen LogP contribution in [-0.4, -0.2) is 17.3 Å². The average molecular weight is 270 g/mol. The van der Waals surface area contributed by atoms with Crippen LogP contribution in [0.25, 0.3) is 10.6 Å². The lowest BCUT2D eigenvalue weighted by Gasteiger charge is -1.96. The number of hydrogen-bond donors (Lipinski definition) is 1. The molecule has 86 valence electrons. The van der Waals surface area contributed by atoms with Crippen LogP contribution in [0.1, 0.15) is 12.1 Å². The van der Waals surface area contributed by atoms with Crippen LogP contribution in [0, 0.1) is 0 Å². The molecule has 0 bridgehead atoms. The monoisotopic (exact) mass is 270 g/mol. The fourth-order valence-electron chi connectivity index (χ4n) is 1.25. The van der Waals surface area contributed by atoms with Crippen LogP contribution in [0.4, 0.5) is 0 Å². The molecule has 0 saturated heterocycles. The van der Waals surface area contributed by atoms with Gasteiger partial charge in [-0.15, -0.1) is 11.3 Å². The second-order valence-corrected chi connectivity index (χ2v) is 6.09. The van der Waals surface area contributed by atoms with Gasteiger partial charge in [0, 0.05) is 22.1 Å².